The molecule has 1 atom stereocenters. The van der Waals surface area contributed by atoms with Crippen molar-refractivity contribution in [3.05, 3.63) is 0 Å². The van der Waals surface area contributed by atoms with Crippen LogP contribution in [0.25, 0.3) is 0 Å². The normalized spacial score (nSPS) is 25.0. The van der Waals surface area contributed by atoms with Crippen molar-refractivity contribution in [2.24, 2.45) is 5.92 Å². The molecule has 0 spiro atoms. The van der Waals surface area contributed by atoms with Crippen molar-refractivity contribution >= 4 is 0 Å². The van der Waals surface area contributed by atoms with Gasteiger partial charge in [-0.2, -0.15) is 0 Å². The monoisotopic (exact) mass is 172 g/mol. The summed E-state index contributed by atoms with van der Waals surface area (Å²) in [5, 5.41) is 11.9. The number of hydrogen-bond donors (Lipinski definition) is 2. The Hall–Kier alpha value is -0.120. The van der Waals surface area contributed by atoms with E-state index in [-0.39, 0.29) is 0 Å². The van der Waals surface area contributed by atoms with Crippen molar-refractivity contribution in [3.63, 3.8) is 0 Å². The van der Waals surface area contributed by atoms with Crippen LogP contribution < -0.4 is 5.32 Å². The van der Waals surface area contributed by atoms with Gasteiger partial charge in [-0.15, -0.1) is 0 Å². The van der Waals surface area contributed by atoms with Crippen LogP contribution in [0.1, 0.15) is 12.8 Å². The molecule has 72 valence electrons. The van der Waals surface area contributed by atoms with E-state index < -0.39 is 0 Å². The van der Waals surface area contributed by atoms with Crippen molar-refractivity contribution in [1.29, 1.82) is 0 Å². The minimum Gasteiger partial charge on any atom is -0.396 e. The highest BCUT2D eigenvalue weighted by Gasteiger charge is 2.18. The van der Waals surface area contributed by atoms with Gasteiger partial charge in [0.1, 0.15) is 0 Å². The number of likely N-dealkylation sites (tertiary alicyclic amines) is 1. The first kappa shape index (κ1) is 9.96. The van der Waals surface area contributed by atoms with Gasteiger partial charge in [0.25, 0.3) is 0 Å². The molecule has 1 unspecified atom stereocenters. The summed E-state index contributed by atoms with van der Waals surface area (Å²) in [7, 11) is 2.17. The Labute approximate surface area is 74.8 Å². The van der Waals surface area contributed by atoms with Crippen LogP contribution >= 0.6 is 0 Å². The van der Waals surface area contributed by atoms with Gasteiger partial charge < -0.3 is 15.3 Å². The van der Waals surface area contributed by atoms with E-state index in [1.807, 2.05) is 0 Å². The van der Waals surface area contributed by atoms with Gasteiger partial charge in [-0.3, -0.25) is 0 Å². The molecule has 12 heavy (non-hydrogen) atoms. The molecule has 2 N–H and O–H groups in total. The lowest BCUT2D eigenvalue weighted by molar-refractivity contribution is 0.284. The van der Waals surface area contributed by atoms with Gasteiger partial charge in [0, 0.05) is 13.2 Å². The maximum atomic E-state index is 8.55. The third-order valence-electron chi connectivity index (χ3n) is 2.43. The molecule has 0 aromatic rings. The van der Waals surface area contributed by atoms with Crippen molar-refractivity contribution < 1.29 is 5.11 Å². The largest absolute Gasteiger partial charge is 0.396 e. The first-order valence-corrected chi connectivity index (χ1v) is 4.83. The van der Waals surface area contributed by atoms with E-state index >= 15 is 0 Å². The standard InChI is InChI=1S/C9H20N2O/c1-11-5-3-9(8-11)7-10-4-2-6-12/h9-10,12H,2-8H2,1H3. The highest BCUT2D eigenvalue weighted by molar-refractivity contribution is 4.74. The molecule has 0 radical (unpaired) electrons. The first-order chi connectivity index (χ1) is 5.83. The minimum atomic E-state index is 0.303. The lowest BCUT2D eigenvalue weighted by Gasteiger charge is -2.10. The van der Waals surface area contributed by atoms with Crippen LogP contribution in [-0.2, 0) is 0 Å². The summed E-state index contributed by atoms with van der Waals surface area (Å²) in [6.45, 7) is 4.84. The second kappa shape index (κ2) is 5.51. The van der Waals surface area contributed by atoms with Gasteiger partial charge in [-0.1, -0.05) is 0 Å². The Morgan fingerprint density at radius 2 is 2.42 bits per heavy atom. The average Bonchev–Trinajstić information content (AvgIpc) is 2.45. The van der Waals surface area contributed by atoms with Crippen LogP contribution in [-0.4, -0.2) is 49.8 Å². The summed E-state index contributed by atoms with van der Waals surface area (Å²) in [6.07, 6.45) is 2.20. The zero-order chi connectivity index (χ0) is 8.81. The Morgan fingerprint density at radius 3 is 3.00 bits per heavy atom. The molecule has 1 rings (SSSR count). The van der Waals surface area contributed by atoms with E-state index in [4.69, 9.17) is 5.11 Å². The van der Waals surface area contributed by atoms with Crippen LogP contribution in [0.4, 0.5) is 0 Å². The number of rotatable bonds is 5. The highest BCUT2D eigenvalue weighted by Crippen LogP contribution is 2.12. The second-order valence-electron chi connectivity index (χ2n) is 3.70. The molecular weight excluding hydrogens is 152 g/mol. The maximum Gasteiger partial charge on any atom is 0.0443 e. The Morgan fingerprint density at radius 1 is 1.58 bits per heavy atom. The highest BCUT2D eigenvalue weighted by atomic mass is 16.3. The van der Waals surface area contributed by atoms with E-state index in [1.54, 1.807) is 0 Å². The van der Waals surface area contributed by atoms with Crippen LogP contribution in [0.3, 0.4) is 0 Å². The smallest absolute Gasteiger partial charge is 0.0443 e. The molecule has 0 aliphatic carbocycles. The zero-order valence-corrected chi connectivity index (χ0v) is 7.92. The molecule has 1 aliphatic heterocycles. The number of nitrogens with zero attached hydrogens (tertiary/aromatic N) is 1. The molecule has 0 bridgehead atoms. The maximum absolute atomic E-state index is 8.55. The van der Waals surface area contributed by atoms with Gasteiger partial charge in [-0.05, 0) is 45.4 Å². The van der Waals surface area contributed by atoms with Crippen molar-refractivity contribution in [3.8, 4) is 0 Å². The summed E-state index contributed by atoms with van der Waals surface area (Å²) >= 11 is 0. The summed E-state index contributed by atoms with van der Waals surface area (Å²) in [5.74, 6) is 0.827. The Balaban J connectivity index is 1.93. The van der Waals surface area contributed by atoms with Crippen LogP contribution in [0.5, 0.6) is 0 Å². The van der Waals surface area contributed by atoms with E-state index in [0.717, 1.165) is 25.4 Å². The van der Waals surface area contributed by atoms with Gasteiger partial charge in [0.05, 0.1) is 0 Å². The summed E-state index contributed by atoms with van der Waals surface area (Å²) in [6, 6.07) is 0. The van der Waals surface area contributed by atoms with Gasteiger partial charge in [0.15, 0.2) is 0 Å². The summed E-state index contributed by atoms with van der Waals surface area (Å²) < 4.78 is 0. The van der Waals surface area contributed by atoms with Crippen molar-refractivity contribution in [1.82, 2.24) is 10.2 Å². The predicted octanol–water partition coefficient (Wildman–Crippen LogP) is -0.0899. The molecule has 0 amide bonds. The van der Waals surface area contributed by atoms with Crippen LogP contribution in [0.15, 0.2) is 0 Å². The Bertz CT molecular complexity index is 119. The molecule has 1 aliphatic rings. The number of nitrogens with one attached hydrogen (secondary N) is 1. The fourth-order valence-electron chi connectivity index (χ4n) is 1.70. The lowest BCUT2D eigenvalue weighted by atomic mass is 10.1. The molecule has 3 nitrogen and oxygen atoms in total. The topological polar surface area (TPSA) is 35.5 Å². The summed E-state index contributed by atoms with van der Waals surface area (Å²) in [4.78, 5) is 2.37. The van der Waals surface area contributed by atoms with Crippen molar-refractivity contribution in [2.75, 3.05) is 39.8 Å². The Kier molecular flexibility index (Phi) is 4.58. The molecule has 1 heterocycles. The fourth-order valence-corrected chi connectivity index (χ4v) is 1.70. The van der Waals surface area contributed by atoms with E-state index in [9.17, 15) is 0 Å². The van der Waals surface area contributed by atoms with Crippen LogP contribution in [0, 0.1) is 5.92 Å². The van der Waals surface area contributed by atoms with E-state index in [0.29, 0.717) is 6.61 Å². The van der Waals surface area contributed by atoms with Gasteiger partial charge >= 0.3 is 0 Å². The number of aliphatic hydroxyl groups is 1. The van der Waals surface area contributed by atoms with E-state index in [2.05, 4.69) is 17.3 Å². The zero-order valence-electron chi connectivity index (χ0n) is 7.92. The molecule has 0 aromatic heterocycles. The molecule has 1 saturated heterocycles. The lowest BCUT2D eigenvalue weighted by Crippen LogP contribution is -2.26. The molecule has 0 aromatic carbocycles. The first-order valence-electron chi connectivity index (χ1n) is 4.83. The van der Waals surface area contributed by atoms with Gasteiger partial charge in [0.2, 0.25) is 0 Å². The average molecular weight is 172 g/mol. The molecular formula is C9H20N2O. The number of aliphatic hydroxyl groups excluding tert-OH is 1. The van der Waals surface area contributed by atoms with Crippen LogP contribution in [0.2, 0.25) is 0 Å². The molecule has 3 heteroatoms. The quantitative estimate of drug-likeness (QED) is 0.569. The fraction of sp³-hybridized carbons (Fsp3) is 1.00. The second-order valence-corrected chi connectivity index (χ2v) is 3.70. The molecule has 1 fully saturated rings. The SMILES string of the molecule is CN1CCC(CNCCCO)C1. The predicted molar refractivity (Wildman–Crippen MR) is 50.2 cm³/mol. The van der Waals surface area contributed by atoms with E-state index in [1.165, 1.54) is 19.5 Å². The molecule has 0 saturated carbocycles. The third-order valence-corrected chi connectivity index (χ3v) is 2.43. The minimum absolute atomic E-state index is 0.303. The third kappa shape index (κ3) is 3.52. The van der Waals surface area contributed by atoms with Gasteiger partial charge in [-0.25, -0.2) is 0 Å². The number of hydrogen-bond acceptors (Lipinski definition) is 3. The summed E-state index contributed by atoms with van der Waals surface area (Å²) in [5.41, 5.74) is 0. The van der Waals surface area contributed by atoms with Crippen molar-refractivity contribution in [2.45, 2.75) is 12.8 Å².